The molecule has 10 nitrogen and oxygen atoms in total. The van der Waals surface area contributed by atoms with Gasteiger partial charge in [0, 0.05) is 37.3 Å². The number of fused-ring (bicyclic) bond motifs is 1. The van der Waals surface area contributed by atoms with Crippen LogP contribution in [0.5, 0.6) is 11.5 Å². The molecule has 10 heteroatoms. The van der Waals surface area contributed by atoms with E-state index < -0.39 is 0 Å². The number of piperidine rings is 2. The molecule has 2 aliphatic heterocycles. The first-order valence-corrected chi connectivity index (χ1v) is 14.7. The molecule has 6 rings (SSSR count). The Kier molecular flexibility index (Phi) is 8.43. The molecular formula is C32H38N8O2. The van der Waals surface area contributed by atoms with Crippen molar-refractivity contribution in [3.63, 3.8) is 0 Å². The normalized spacial score (nSPS) is 18.6. The van der Waals surface area contributed by atoms with Crippen LogP contribution < -0.4 is 15.8 Å². The molecule has 2 aliphatic rings. The van der Waals surface area contributed by atoms with Gasteiger partial charge in [0.2, 0.25) is 5.91 Å². The molecule has 0 aliphatic carbocycles. The van der Waals surface area contributed by atoms with Crippen molar-refractivity contribution >= 4 is 22.8 Å². The van der Waals surface area contributed by atoms with Crippen LogP contribution in [0.1, 0.15) is 31.7 Å². The van der Waals surface area contributed by atoms with Crippen molar-refractivity contribution in [2.45, 2.75) is 37.8 Å². The maximum atomic E-state index is 13.1. The fourth-order valence-electron chi connectivity index (χ4n) is 5.82. The Labute approximate surface area is 246 Å². The zero-order chi connectivity index (χ0) is 28.9. The summed E-state index contributed by atoms with van der Waals surface area (Å²) in [4.78, 5) is 26.2. The third-order valence-corrected chi connectivity index (χ3v) is 8.18. The number of amides is 1. The molecule has 1 atom stereocenters. The highest BCUT2D eigenvalue weighted by Gasteiger charge is 2.28. The Hall–Kier alpha value is -4.28. The molecule has 2 aromatic heterocycles. The second-order valence-corrected chi connectivity index (χ2v) is 11.2. The minimum absolute atomic E-state index is 0.0142. The van der Waals surface area contributed by atoms with Crippen LogP contribution in [0.25, 0.3) is 22.3 Å². The summed E-state index contributed by atoms with van der Waals surface area (Å²) in [7, 11) is 2.16. The van der Waals surface area contributed by atoms with Crippen LogP contribution in [-0.2, 0) is 4.79 Å². The molecule has 218 valence electrons. The summed E-state index contributed by atoms with van der Waals surface area (Å²) < 4.78 is 7.89. The van der Waals surface area contributed by atoms with Crippen LogP contribution in [0.15, 0.2) is 73.1 Å². The van der Waals surface area contributed by atoms with Crippen LogP contribution >= 0.6 is 0 Å². The summed E-state index contributed by atoms with van der Waals surface area (Å²) in [6.45, 7) is 4.23. The molecule has 1 amide bonds. The van der Waals surface area contributed by atoms with Gasteiger partial charge in [0.1, 0.15) is 29.3 Å². The monoisotopic (exact) mass is 566 g/mol. The number of hydrogen-bond donors (Lipinski definition) is 2. The van der Waals surface area contributed by atoms with Gasteiger partial charge in [0.25, 0.3) is 0 Å². The van der Waals surface area contributed by atoms with Crippen LogP contribution in [-0.4, -0.2) is 81.3 Å². The molecule has 2 saturated heterocycles. The number of nitrogens with one attached hydrogen (secondary N) is 1. The Balaban J connectivity index is 1.16. The van der Waals surface area contributed by atoms with E-state index in [-0.39, 0.29) is 11.9 Å². The lowest BCUT2D eigenvalue weighted by Gasteiger charge is -2.32. The average Bonchev–Trinajstić information content (AvgIpc) is 3.42. The Bertz CT molecular complexity index is 1530. The number of likely N-dealkylation sites (tertiary alicyclic amines) is 2. The van der Waals surface area contributed by atoms with Gasteiger partial charge in [-0.2, -0.15) is 5.10 Å². The average molecular weight is 567 g/mol. The number of anilines is 1. The topological polar surface area (TPSA) is 114 Å². The zero-order valence-electron chi connectivity index (χ0n) is 24.0. The van der Waals surface area contributed by atoms with E-state index in [0.717, 1.165) is 73.5 Å². The van der Waals surface area contributed by atoms with Gasteiger partial charge >= 0.3 is 0 Å². The molecule has 42 heavy (non-hydrogen) atoms. The van der Waals surface area contributed by atoms with E-state index in [9.17, 15) is 4.79 Å². The molecule has 0 unspecified atom stereocenters. The molecule has 0 radical (unpaired) electrons. The lowest BCUT2D eigenvalue weighted by atomic mass is 10.1. The van der Waals surface area contributed by atoms with Gasteiger partial charge in [-0.25, -0.2) is 14.6 Å². The van der Waals surface area contributed by atoms with Gasteiger partial charge in [-0.05, 0) is 82.2 Å². The van der Waals surface area contributed by atoms with Gasteiger partial charge in [0.05, 0.1) is 11.4 Å². The predicted molar refractivity (Wildman–Crippen MR) is 164 cm³/mol. The van der Waals surface area contributed by atoms with Crippen LogP contribution in [0.3, 0.4) is 0 Å². The number of para-hydroxylation sites is 1. The zero-order valence-corrected chi connectivity index (χ0v) is 24.0. The molecule has 0 bridgehead atoms. The summed E-state index contributed by atoms with van der Waals surface area (Å²) in [5, 5.41) is 9.29. The van der Waals surface area contributed by atoms with Gasteiger partial charge in [-0.3, -0.25) is 4.79 Å². The standard InChI is InChI=1S/C32H38N8O2/c1-38-19-15-24(16-20-38)34-17-5-10-28(41)39-18-6-7-25(21-39)40-32-29(31(33)35-22-36-32)30(37-40)23-11-13-27(14-12-23)42-26-8-3-2-4-9-26/h2-5,8-14,22,24-25,34H,6-7,15-21H2,1H3,(H2,33,35,36)/t25-/m1/s1. The lowest BCUT2D eigenvalue weighted by Crippen LogP contribution is -2.41. The second-order valence-electron chi connectivity index (χ2n) is 11.2. The molecule has 4 aromatic rings. The first-order valence-electron chi connectivity index (χ1n) is 14.7. The number of nitrogens with zero attached hydrogens (tertiary/aromatic N) is 6. The number of nitrogen functional groups attached to an aromatic ring is 1. The van der Waals surface area contributed by atoms with E-state index in [1.54, 1.807) is 6.08 Å². The smallest absolute Gasteiger partial charge is 0.246 e. The number of aromatic nitrogens is 4. The molecule has 2 aromatic carbocycles. The quantitative estimate of drug-likeness (QED) is 0.304. The highest BCUT2D eigenvalue weighted by Crippen LogP contribution is 2.35. The number of rotatable bonds is 8. The molecule has 4 heterocycles. The Morgan fingerprint density at radius 3 is 2.57 bits per heavy atom. The highest BCUT2D eigenvalue weighted by molar-refractivity contribution is 5.98. The maximum Gasteiger partial charge on any atom is 0.246 e. The molecule has 0 spiro atoms. The number of benzene rings is 2. The largest absolute Gasteiger partial charge is 0.457 e. The van der Waals surface area contributed by atoms with Crippen molar-refractivity contribution in [2.24, 2.45) is 0 Å². The SMILES string of the molecule is CN1CCC(NCC=CC(=O)N2CCC[C@@H](n3nc(-c4ccc(Oc5ccccc5)cc4)c4c(N)ncnc43)C2)CC1. The summed E-state index contributed by atoms with van der Waals surface area (Å²) in [5.74, 6) is 1.92. The van der Waals surface area contributed by atoms with E-state index in [4.69, 9.17) is 15.6 Å². The van der Waals surface area contributed by atoms with E-state index >= 15 is 0 Å². The number of carbonyl (C=O) groups excluding carboxylic acids is 1. The van der Waals surface area contributed by atoms with Crippen molar-refractivity contribution in [1.29, 1.82) is 0 Å². The number of ether oxygens (including phenoxy) is 1. The number of nitrogens with two attached hydrogens (primary N) is 1. The van der Waals surface area contributed by atoms with E-state index in [0.29, 0.717) is 30.6 Å². The van der Waals surface area contributed by atoms with E-state index in [1.807, 2.05) is 70.3 Å². The molecule has 2 fully saturated rings. The van der Waals surface area contributed by atoms with Crippen molar-refractivity contribution in [3.05, 3.63) is 73.1 Å². The molecular weight excluding hydrogens is 528 g/mol. The minimum atomic E-state index is -0.0142. The van der Waals surface area contributed by atoms with Gasteiger partial charge in [-0.1, -0.05) is 24.3 Å². The molecule has 0 saturated carbocycles. The van der Waals surface area contributed by atoms with Crippen molar-refractivity contribution < 1.29 is 9.53 Å². The number of carbonyl (C=O) groups is 1. The van der Waals surface area contributed by atoms with Crippen LogP contribution in [0.2, 0.25) is 0 Å². The predicted octanol–water partition coefficient (Wildman–Crippen LogP) is 4.27. The third kappa shape index (κ3) is 6.29. The Morgan fingerprint density at radius 2 is 1.79 bits per heavy atom. The summed E-state index contributed by atoms with van der Waals surface area (Å²) >= 11 is 0. The van der Waals surface area contributed by atoms with E-state index in [2.05, 4.69) is 27.2 Å². The van der Waals surface area contributed by atoms with Crippen molar-refractivity contribution in [1.82, 2.24) is 34.9 Å². The van der Waals surface area contributed by atoms with Crippen molar-refractivity contribution in [2.75, 3.05) is 45.5 Å². The summed E-state index contributed by atoms with van der Waals surface area (Å²) in [6, 6.07) is 18.0. The first kappa shape index (κ1) is 27.9. The first-order chi connectivity index (χ1) is 20.5. The van der Waals surface area contributed by atoms with Gasteiger partial charge in [0.15, 0.2) is 5.65 Å². The maximum absolute atomic E-state index is 13.1. The van der Waals surface area contributed by atoms with E-state index in [1.165, 1.54) is 6.33 Å². The fourth-order valence-corrected chi connectivity index (χ4v) is 5.82. The fraction of sp³-hybridized carbons (Fsp3) is 0.375. The van der Waals surface area contributed by atoms with Crippen LogP contribution in [0.4, 0.5) is 5.82 Å². The highest BCUT2D eigenvalue weighted by atomic mass is 16.5. The minimum Gasteiger partial charge on any atom is -0.457 e. The summed E-state index contributed by atoms with van der Waals surface area (Å²) in [5.41, 5.74) is 8.66. The third-order valence-electron chi connectivity index (χ3n) is 8.18. The van der Waals surface area contributed by atoms with Crippen molar-refractivity contribution in [3.8, 4) is 22.8 Å². The number of hydrogen-bond acceptors (Lipinski definition) is 8. The lowest BCUT2D eigenvalue weighted by molar-refractivity contribution is -0.127. The van der Waals surface area contributed by atoms with Gasteiger partial charge < -0.3 is 25.6 Å². The Morgan fingerprint density at radius 1 is 1.02 bits per heavy atom. The molecule has 3 N–H and O–H groups in total. The second kappa shape index (κ2) is 12.7. The summed E-state index contributed by atoms with van der Waals surface area (Å²) in [6.07, 6.45) is 9.20. The van der Waals surface area contributed by atoms with Gasteiger partial charge in [-0.15, -0.1) is 0 Å². The van der Waals surface area contributed by atoms with Crippen LogP contribution in [0, 0.1) is 0 Å².